The molecule has 0 saturated heterocycles. The first-order valence-corrected chi connectivity index (χ1v) is 6.01. The number of ether oxygens (including phenoxy) is 1. The third kappa shape index (κ3) is 2.63. The summed E-state index contributed by atoms with van der Waals surface area (Å²) < 4.78 is 5.52. The molecule has 0 bridgehead atoms. The molecule has 0 spiro atoms. The molecule has 88 valence electrons. The summed E-state index contributed by atoms with van der Waals surface area (Å²) in [6.45, 7) is 0. The molecule has 2 aromatic carbocycles. The Balaban J connectivity index is 2.48. The van der Waals surface area contributed by atoms with Crippen LogP contribution in [0.25, 0.3) is 0 Å². The maximum atomic E-state index is 6.18. The molecule has 0 saturated carbocycles. The summed E-state index contributed by atoms with van der Waals surface area (Å²) >= 11 is 12.4. The minimum Gasteiger partial charge on any atom is -0.372 e. The van der Waals surface area contributed by atoms with E-state index in [1.165, 1.54) is 0 Å². The van der Waals surface area contributed by atoms with Crippen LogP contribution in [0.4, 0.5) is 0 Å². The van der Waals surface area contributed by atoms with Gasteiger partial charge in [0.25, 0.3) is 0 Å². The van der Waals surface area contributed by atoms with Gasteiger partial charge in [0.05, 0.1) is 0 Å². The van der Waals surface area contributed by atoms with Gasteiger partial charge in [0.15, 0.2) is 0 Å². The maximum absolute atomic E-state index is 6.18. The molecule has 2 rings (SSSR count). The van der Waals surface area contributed by atoms with Crippen LogP contribution in [-0.4, -0.2) is 7.11 Å². The summed E-state index contributed by atoms with van der Waals surface area (Å²) in [5.74, 6) is 0. The van der Waals surface area contributed by atoms with Crippen LogP contribution in [0.15, 0.2) is 48.5 Å². The number of methoxy groups -OCH3 is 1. The predicted molar refractivity (Wildman–Crippen MR) is 71.8 cm³/mol. The van der Waals surface area contributed by atoms with Gasteiger partial charge < -0.3 is 4.74 Å². The van der Waals surface area contributed by atoms with E-state index in [2.05, 4.69) is 0 Å². The van der Waals surface area contributed by atoms with Gasteiger partial charge in [-0.25, -0.2) is 0 Å². The van der Waals surface area contributed by atoms with Crippen molar-refractivity contribution in [3.05, 3.63) is 69.7 Å². The van der Waals surface area contributed by atoms with Crippen LogP contribution < -0.4 is 0 Å². The average molecular weight is 267 g/mol. The lowest BCUT2D eigenvalue weighted by Gasteiger charge is -2.18. The van der Waals surface area contributed by atoms with E-state index in [4.69, 9.17) is 27.9 Å². The van der Waals surface area contributed by atoms with E-state index >= 15 is 0 Å². The molecule has 0 amide bonds. The minimum absolute atomic E-state index is 0.239. The normalized spacial score (nSPS) is 10.8. The van der Waals surface area contributed by atoms with Crippen molar-refractivity contribution in [2.24, 2.45) is 0 Å². The Morgan fingerprint density at radius 2 is 1.24 bits per heavy atom. The standard InChI is InChI=1S/C14H12Cl2O/c1-17-14(10-6-2-4-8-12(10)15)11-7-3-5-9-13(11)16/h2-9,14H,1H3. The van der Waals surface area contributed by atoms with Crippen molar-refractivity contribution < 1.29 is 4.74 Å². The van der Waals surface area contributed by atoms with Crippen molar-refractivity contribution in [2.45, 2.75) is 6.10 Å². The van der Waals surface area contributed by atoms with Gasteiger partial charge in [0.1, 0.15) is 6.10 Å². The molecule has 0 aromatic heterocycles. The Labute approximate surface area is 111 Å². The van der Waals surface area contributed by atoms with Gasteiger partial charge in [0, 0.05) is 28.3 Å². The van der Waals surface area contributed by atoms with Crippen molar-refractivity contribution >= 4 is 23.2 Å². The fraction of sp³-hybridized carbons (Fsp3) is 0.143. The number of hydrogen-bond acceptors (Lipinski definition) is 1. The molecule has 0 radical (unpaired) electrons. The lowest BCUT2D eigenvalue weighted by Crippen LogP contribution is -2.04. The van der Waals surface area contributed by atoms with Crippen LogP contribution >= 0.6 is 23.2 Å². The highest BCUT2D eigenvalue weighted by atomic mass is 35.5. The van der Waals surface area contributed by atoms with Gasteiger partial charge in [-0.1, -0.05) is 59.6 Å². The fourth-order valence-electron chi connectivity index (χ4n) is 1.80. The van der Waals surface area contributed by atoms with Crippen molar-refractivity contribution in [2.75, 3.05) is 7.11 Å². The van der Waals surface area contributed by atoms with Gasteiger partial charge in [-0.05, 0) is 12.1 Å². The zero-order chi connectivity index (χ0) is 12.3. The van der Waals surface area contributed by atoms with Gasteiger partial charge in [0.2, 0.25) is 0 Å². The van der Waals surface area contributed by atoms with E-state index in [0.29, 0.717) is 10.0 Å². The second kappa shape index (κ2) is 5.54. The topological polar surface area (TPSA) is 9.23 Å². The number of rotatable bonds is 3. The second-order valence-electron chi connectivity index (χ2n) is 3.66. The van der Waals surface area contributed by atoms with Gasteiger partial charge in [-0.2, -0.15) is 0 Å². The molecule has 2 aromatic rings. The SMILES string of the molecule is COC(c1ccccc1Cl)c1ccccc1Cl. The monoisotopic (exact) mass is 266 g/mol. The predicted octanol–water partition coefficient (Wildman–Crippen LogP) is 4.73. The quantitative estimate of drug-likeness (QED) is 0.781. The second-order valence-corrected chi connectivity index (χ2v) is 4.47. The Morgan fingerprint density at radius 1 is 0.824 bits per heavy atom. The maximum Gasteiger partial charge on any atom is 0.110 e. The molecule has 0 atom stereocenters. The first kappa shape index (κ1) is 12.4. The molecule has 0 fully saturated rings. The van der Waals surface area contributed by atoms with Crippen molar-refractivity contribution in [3.63, 3.8) is 0 Å². The van der Waals surface area contributed by atoms with Gasteiger partial charge in [-0.3, -0.25) is 0 Å². The van der Waals surface area contributed by atoms with Crippen molar-refractivity contribution in [1.29, 1.82) is 0 Å². The summed E-state index contributed by atoms with van der Waals surface area (Å²) in [5, 5.41) is 1.36. The van der Waals surface area contributed by atoms with E-state index in [1.807, 2.05) is 48.5 Å². The molecule has 0 aliphatic carbocycles. The lowest BCUT2D eigenvalue weighted by atomic mass is 10.0. The molecule has 0 unspecified atom stereocenters. The fourth-order valence-corrected chi connectivity index (χ4v) is 2.27. The van der Waals surface area contributed by atoms with Crippen LogP contribution in [0.2, 0.25) is 10.0 Å². The van der Waals surface area contributed by atoms with E-state index in [9.17, 15) is 0 Å². The molecule has 0 heterocycles. The third-order valence-corrected chi connectivity index (χ3v) is 3.30. The van der Waals surface area contributed by atoms with Crippen LogP contribution in [0.1, 0.15) is 17.2 Å². The zero-order valence-corrected chi connectivity index (χ0v) is 10.9. The number of hydrogen-bond donors (Lipinski definition) is 0. The lowest BCUT2D eigenvalue weighted by molar-refractivity contribution is 0.136. The van der Waals surface area contributed by atoms with Crippen LogP contribution in [0.3, 0.4) is 0 Å². The summed E-state index contributed by atoms with van der Waals surface area (Å²) in [4.78, 5) is 0. The number of halogens is 2. The molecular weight excluding hydrogens is 255 g/mol. The summed E-state index contributed by atoms with van der Waals surface area (Å²) in [6, 6.07) is 15.2. The Kier molecular flexibility index (Phi) is 4.06. The van der Waals surface area contributed by atoms with Gasteiger partial charge in [-0.15, -0.1) is 0 Å². The van der Waals surface area contributed by atoms with Crippen LogP contribution in [0.5, 0.6) is 0 Å². The smallest absolute Gasteiger partial charge is 0.110 e. The van der Waals surface area contributed by atoms with E-state index in [1.54, 1.807) is 7.11 Å². The highest BCUT2D eigenvalue weighted by Crippen LogP contribution is 2.34. The first-order valence-electron chi connectivity index (χ1n) is 5.25. The molecular formula is C14H12Cl2O. The Morgan fingerprint density at radius 3 is 1.59 bits per heavy atom. The average Bonchev–Trinajstić information content (AvgIpc) is 2.34. The highest BCUT2D eigenvalue weighted by Gasteiger charge is 2.18. The van der Waals surface area contributed by atoms with E-state index in [-0.39, 0.29) is 6.10 Å². The summed E-state index contributed by atoms with van der Waals surface area (Å²) in [5.41, 5.74) is 1.84. The van der Waals surface area contributed by atoms with E-state index < -0.39 is 0 Å². The van der Waals surface area contributed by atoms with Crippen LogP contribution in [-0.2, 0) is 4.74 Å². The largest absolute Gasteiger partial charge is 0.372 e. The molecule has 0 aliphatic heterocycles. The zero-order valence-electron chi connectivity index (χ0n) is 9.36. The minimum atomic E-state index is -0.239. The molecule has 0 aliphatic rings. The summed E-state index contributed by atoms with van der Waals surface area (Å²) in [6.07, 6.45) is -0.239. The molecule has 3 heteroatoms. The van der Waals surface area contributed by atoms with Crippen molar-refractivity contribution in [3.8, 4) is 0 Å². The molecule has 17 heavy (non-hydrogen) atoms. The van der Waals surface area contributed by atoms with Crippen LogP contribution in [0, 0.1) is 0 Å². The third-order valence-electron chi connectivity index (χ3n) is 2.61. The highest BCUT2D eigenvalue weighted by molar-refractivity contribution is 6.32. The Hall–Kier alpha value is -1.02. The van der Waals surface area contributed by atoms with Gasteiger partial charge >= 0.3 is 0 Å². The summed E-state index contributed by atoms with van der Waals surface area (Å²) in [7, 11) is 1.65. The first-order chi connectivity index (χ1) is 8.24. The molecule has 0 N–H and O–H groups in total. The van der Waals surface area contributed by atoms with E-state index in [0.717, 1.165) is 11.1 Å². The molecule has 1 nitrogen and oxygen atoms in total. The van der Waals surface area contributed by atoms with Crippen molar-refractivity contribution in [1.82, 2.24) is 0 Å². The Bertz CT molecular complexity index is 466. The number of benzene rings is 2.